The van der Waals surface area contributed by atoms with Crippen LogP contribution < -0.4 is 5.32 Å². The first-order valence-electron chi connectivity index (χ1n) is 7.28. The normalized spacial score (nSPS) is 11.1. The molecule has 0 aliphatic rings. The highest BCUT2D eigenvalue weighted by Crippen LogP contribution is 2.28. The molecule has 1 aromatic carbocycles. The summed E-state index contributed by atoms with van der Waals surface area (Å²) in [4.78, 5) is 11.9. The second-order valence-corrected chi connectivity index (χ2v) is 6.87. The van der Waals surface area contributed by atoms with Crippen LogP contribution in [0.1, 0.15) is 0 Å². The van der Waals surface area contributed by atoms with Gasteiger partial charge in [0.2, 0.25) is 11.0 Å². The van der Waals surface area contributed by atoms with Gasteiger partial charge in [0.05, 0.1) is 5.75 Å². The Labute approximate surface area is 150 Å². The lowest BCUT2D eigenvalue weighted by Gasteiger charge is -2.02. The number of rotatable bonds is 5. The van der Waals surface area contributed by atoms with E-state index in [-0.39, 0.29) is 11.7 Å². The van der Waals surface area contributed by atoms with Crippen molar-refractivity contribution >= 4 is 45.1 Å². The molecule has 0 saturated heterocycles. The minimum Gasteiger partial charge on any atom is -0.453 e. The van der Waals surface area contributed by atoms with Gasteiger partial charge in [-0.2, -0.15) is 0 Å². The van der Waals surface area contributed by atoms with Crippen molar-refractivity contribution < 1.29 is 9.21 Å². The summed E-state index contributed by atoms with van der Waals surface area (Å²) in [5.41, 5.74) is 2.36. The van der Waals surface area contributed by atoms with Crippen LogP contribution >= 0.6 is 23.1 Å². The molecular weight excluding hydrogens is 360 g/mol. The first kappa shape index (κ1) is 15.8. The summed E-state index contributed by atoms with van der Waals surface area (Å²) in [6.07, 6.45) is 0. The lowest BCUT2D eigenvalue weighted by Crippen LogP contribution is -2.14. The van der Waals surface area contributed by atoms with Gasteiger partial charge in [-0.25, -0.2) is 0 Å². The highest BCUT2D eigenvalue weighted by atomic mass is 32.2. The average molecular weight is 372 g/mol. The van der Waals surface area contributed by atoms with E-state index >= 15 is 0 Å². The number of furan rings is 1. The fourth-order valence-electron chi connectivity index (χ4n) is 2.26. The summed E-state index contributed by atoms with van der Waals surface area (Å²) < 4.78 is 7.62. The largest absolute Gasteiger partial charge is 0.453 e. The van der Waals surface area contributed by atoms with Crippen LogP contribution in [0.25, 0.3) is 22.6 Å². The summed E-state index contributed by atoms with van der Waals surface area (Å²) >= 11 is 2.56. The number of para-hydroxylation sites is 1. The Morgan fingerprint density at radius 3 is 3.00 bits per heavy atom. The number of thioether (sulfide) groups is 1. The molecule has 10 heteroatoms. The van der Waals surface area contributed by atoms with Crippen LogP contribution in [0.5, 0.6) is 0 Å². The van der Waals surface area contributed by atoms with Gasteiger partial charge in [0.1, 0.15) is 11.1 Å². The van der Waals surface area contributed by atoms with E-state index in [1.165, 1.54) is 23.1 Å². The standard InChI is InChI=1S/C15H12N6O2S2/c1-21-13(11-6-9-4-2-3-5-10(9)23-11)18-20-15(21)24-7-12(22)17-14-19-16-8-25-14/h2-6,8H,7H2,1H3,(H,17,19,22). The smallest absolute Gasteiger partial charge is 0.236 e. The summed E-state index contributed by atoms with van der Waals surface area (Å²) in [6, 6.07) is 9.69. The quantitative estimate of drug-likeness (QED) is 0.538. The van der Waals surface area contributed by atoms with Crippen LogP contribution in [0.3, 0.4) is 0 Å². The molecule has 0 atom stereocenters. The molecule has 1 N–H and O–H groups in total. The summed E-state index contributed by atoms with van der Waals surface area (Å²) in [6.45, 7) is 0. The number of fused-ring (bicyclic) bond motifs is 1. The molecule has 0 spiro atoms. The third-order valence-electron chi connectivity index (χ3n) is 3.42. The van der Waals surface area contributed by atoms with Crippen molar-refractivity contribution in [3.05, 3.63) is 35.8 Å². The predicted molar refractivity (Wildman–Crippen MR) is 95.5 cm³/mol. The van der Waals surface area contributed by atoms with Gasteiger partial charge >= 0.3 is 0 Å². The molecule has 0 radical (unpaired) electrons. The van der Waals surface area contributed by atoms with Gasteiger partial charge in [-0.15, -0.1) is 20.4 Å². The number of hydrogen-bond donors (Lipinski definition) is 1. The van der Waals surface area contributed by atoms with Gasteiger partial charge in [0, 0.05) is 12.4 Å². The van der Waals surface area contributed by atoms with Gasteiger partial charge < -0.3 is 8.98 Å². The van der Waals surface area contributed by atoms with Gasteiger partial charge in [0.25, 0.3) is 0 Å². The van der Waals surface area contributed by atoms with Crippen LogP contribution in [-0.4, -0.2) is 36.6 Å². The topological polar surface area (TPSA) is 98.7 Å². The monoisotopic (exact) mass is 372 g/mol. The van der Waals surface area contributed by atoms with Gasteiger partial charge in [-0.1, -0.05) is 41.3 Å². The number of carbonyl (C=O) groups is 1. The zero-order valence-corrected chi connectivity index (χ0v) is 14.7. The van der Waals surface area contributed by atoms with Crippen molar-refractivity contribution in [3.63, 3.8) is 0 Å². The zero-order valence-electron chi connectivity index (χ0n) is 13.0. The zero-order chi connectivity index (χ0) is 17.2. The molecule has 0 aliphatic carbocycles. The van der Waals surface area contributed by atoms with Crippen molar-refractivity contribution in [3.8, 4) is 11.6 Å². The third kappa shape index (κ3) is 3.26. The Morgan fingerprint density at radius 2 is 2.20 bits per heavy atom. The maximum atomic E-state index is 11.9. The van der Waals surface area contributed by atoms with E-state index in [0.29, 0.717) is 21.9 Å². The molecule has 3 aromatic heterocycles. The summed E-state index contributed by atoms with van der Waals surface area (Å²) in [5.74, 6) is 1.28. The van der Waals surface area contributed by atoms with E-state index < -0.39 is 0 Å². The first-order valence-corrected chi connectivity index (χ1v) is 9.14. The van der Waals surface area contributed by atoms with Crippen molar-refractivity contribution in [2.75, 3.05) is 11.1 Å². The van der Waals surface area contributed by atoms with E-state index in [2.05, 4.69) is 25.7 Å². The van der Waals surface area contributed by atoms with Crippen LogP contribution in [0.15, 0.2) is 45.4 Å². The minimum absolute atomic E-state index is 0.171. The molecule has 4 aromatic rings. The molecule has 126 valence electrons. The lowest BCUT2D eigenvalue weighted by molar-refractivity contribution is -0.113. The summed E-state index contributed by atoms with van der Waals surface area (Å²) in [5, 5.41) is 20.6. The molecule has 0 fully saturated rings. The van der Waals surface area contributed by atoms with Crippen molar-refractivity contribution in [1.82, 2.24) is 25.0 Å². The number of anilines is 1. The Morgan fingerprint density at radius 1 is 1.32 bits per heavy atom. The van der Waals surface area contributed by atoms with Crippen LogP contribution in [0, 0.1) is 0 Å². The van der Waals surface area contributed by atoms with Crippen molar-refractivity contribution in [1.29, 1.82) is 0 Å². The predicted octanol–water partition coefficient (Wildman–Crippen LogP) is 2.81. The van der Waals surface area contributed by atoms with E-state index in [9.17, 15) is 4.79 Å². The second kappa shape index (κ2) is 6.65. The van der Waals surface area contributed by atoms with Gasteiger partial charge in [0.15, 0.2) is 16.7 Å². The second-order valence-electron chi connectivity index (χ2n) is 5.09. The summed E-state index contributed by atoms with van der Waals surface area (Å²) in [7, 11) is 1.84. The third-order valence-corrected chi connectivity index (χ3v) is 5.05. The van der Waals surface area contributed by atoms with Gasteiger partial charge in [-0.05, 0) is 12.1 Å². The van der Waals surface area contributed by atoms with Gasteiger partial charge in [-0.3, -0.25) is 10.1 Å². The molecular formula is C15H12N6O2S2. The molecule has 0 bridgehead atoms. The fourth-order valence-corrected chi connectivity index (χ4v) is 3.43. The Bertz CT molecular complexity index is 991. The van der Waals surface area contributed by atoms with Crippen molar-refractivity contribution in [2.24, 2.45) is 7.05 Å². The number of nitrogens with one attached hydrogen (secondary N) is 1. The van der Waals surface area contributed by atoms with Crippen molar-refractivity contribution in [2.45, 2.75) is 5.16 Å². The fraction of sp³-hybridized carbons (Fsp3) is 0.133. The number of benzene rings is 1. The van der Waals surface area contributed by atoms with Crippen LogP contribution in [-0.2, 0) is 11.8 Å². The molecule has 0 saturated carbocycles. The number of nitrogens with zero attached hydrogens (tertiary/aromatic N) is 5. The molecule has 25 heavy (non-hydrogen) atoms. The Hall–Kier alpha value is -2.72. The SMILES string of the molecule is Cn1c(SCC(=O)Nc2nncs2)nnc1-c1cc2ccccc2o1. The molecule has 3 heterocycles. The highest BCUT2D eigenvalue weighted by molar-refractivity contribution is 7.99. The van der Waals surface area contributed by atoms with E-state index in [4.69, 9.17) is 4.42 Å². The molecule has 4 rings (SSSR count). The minimum atomic E-state index is -0.171. The van der Waals surface area contributed by atoms with Crippen LogP contribution in [0.2, 0.25) is 0 Å². The average Bonchev–Trinajstić information content (AvgIpc) is 3.32. The van der Waals surface area contributed by atoms with E-state index in [0.717, 1.165) is 11.0 Å². The number of aromatic nitrogens is 5. The first-order chi connectivity index (χ1) is 12.2. The van der Waals surface area contributed by atoms with Crippen LogP contribution in [0.4, 0.5) is 5.13 Å². The number of hydrogen-bond acceptors (Lipinski definition) is 8. The molecule has 1 amide bonds. The highest BCUT2D eigenvalue weighted by Gasteiger charge is 2.16. The lowest BCUT2D eigenvalue weighted by atomic mass is 10.2. The maximum absolute atomic E-state index is 11.9. The molecule has 0 aliphatic heterocycles. The maximum Gasteiger partial charge on any atom is 0.236 e. The van der Waals surface area contributed by atoms with E-state index in [1.807, 2.05) is 37.4 Å². The molecule has 0 unspecified atom stereocenters. The molecule has 8 nitrogen and oxygen atoms in total. The number of carbonyl (C=O) groups excluding carboxylic acids is 1. The Balaban J connectivity index is 1.48. The van der Waals surface area contributed by atoms with E-state index in [1.54, 1.807) is 10.1 Å². The number of amides is 1. The Kier molecular flexibility index (Phi) is 4.20.